The Balaban J connectivity index is 2.91. The lowest BCUT2D eigenvalue weighted by Crippen LogP contribution is -2.39. The number of carbonyl (C=O) groups is 2. The van der Waals surface area contributed by atoms with Crippen LogP contribution in [0.4, 0.5) is 0 Å². The van der Waals surface area contributed by atoms with Gasteiger partial charge in [-0.05, 0) is 6.92 Å². The van der Waals surface area contributed by atoms with E-state index in [1.807, 2.05) is 10.9 Å². The van der Waals surface area contributed by atoms with Gasteiger partial charge in [-0.25, -0.2) is 0 Å². The summed E-state index contributed by atoms with van der Waals surface area (Å²) in [5, 5.41) is 8.91. The first kappa shape index (κ1) is 6.03. The van der Waals surface area contributed by atoms with E-state index < -0.39 is 17.4 Å². The van der Waals surface area contributed by atoms with E-state index in [4.69, 9.17) is 5.11 Å². The zero-order valence-corrected chi connectivity index (χ0v) is 4.76. The van der Waals surface area contributed by atoms with Crippen LogP contribution >= 0.6 is 0 Å². The molecule has 50 valence electrons. The third kappa shape index (κ3) is 0.655. The summed E-state index contributed by atoms with van der Waals surface area (Å²) in [6.45, 7) is 1.13. The van der Waals surface area contributed by atoms with E-state index in [1.165, 1.54) is 0 Å². The van der Waals surface area contributed by atoms with E-state index in [-0.39, 0.29) is 0 Å². The lowest BCUT2D eigenvalue weighted by molar-refractivity contribution is -0.143. The van der Waals surface area contributed by atoms with Crippen molar-refractivity contribution < 1.29 is 14.7 Å². The first-order chi connectivity index (χ1) is 4.05. The maximum Gasteiger partial charge on any atom is 0.279 e. The van der Waals surface area contributed by atoms with Gasteiger partial charge < -0.3 is 5.11 Å². The monoisotopic (exact) mass is 130 g/mol. The van der Waals surface area contributed by atoms with Crippen LogP contribution in [0, 0.1) is 0 Å². The number of hydrogen-bond acceptors (Lipinski definition) is 3. The van der Waals surface area contributed by atoms with Crippen LogP contribution in [0.25, 0.3) is 0 Å². The fourth-order valence-corrected chi connectivity index (χ4v) is 0.460. The number of rotatable bonds is 0. The maximum atomic E-state index is 10.5. The highest BCUT2D eigenvalue weighted by Gasteiger charge is 2.44. The van der Waals surface area contributed by atoms with E-state index in [1.54, 1.807) is 0 Å². The molecular formula is C4H6N2O3. The third-order valence-corrected chi connectivity index (χ3v) is 1.17. The van der Waals surface area contributed by atoms with Crippen LogP contribution in [0.5, 0.6) is 0 Å². The highest BCUT2D eigenvalue weighted by atomic mass is 16.3. The zero-order chi connectivity index (χ0) is 7.07. The number of hydrazine groups is 1. The Morgan fingerprint density at radius 1 is 1.33 bits per heavy atom. The second-order valence-corrected chi connectivity index (χ2v) is 1.98. The quantitative estimate of drug-likeness (QED) is 0.328. The highest BCUT2D eigenvalue weighted by Crippen LogP contribution is 2.05. The number of carbonyl (C=O) groups excluding carboxylic acids is 2. The van der Waals surface area contributed by atoms with Crippen LogP contribution in [0.1, 0.15) is 6.92 Å². The lowest BCUT2D eigenvalue weighted by Gasteiger charge is -2.05. The van der Waals surface area contributed by atoms with Gasteiger partial charge in [-0.1, -0.05) is 0 Å². The molecule has 1 saturated heterocycles. The van der Waals surface area contributed by atoms with E-state index in [9.17, 15) is 9.59 Å². The molecule has 9 heavy (non-hydrogen) atoms. The average molecular weight is 130 g/mol. The summed E-state index contributed by atoms with van der Waals surface area (Å²) in [4.78, 5) is 20.9. The Kier molecular flexibility index (Phi) is 0.967. The van der Waals surface area contributed by atoms with Gasteiger partial charge in [0.2, 0.25) is 5.60 Å². The van der Waals surface area contributed by atoms with Crippen molar-refractivity contribution in [3.05, 3.63) is 0 Å². The summed E-state index contributed by atoms with van der Waals surface area (Å²) < 4.78 is 0. The molecule has 0 radical (unpaired) electrons. The van der Waals surface area contributed by atoms with Gasteiger partial charge in [0.25, 0.3) is 11.8 Å². The van der Waals surface area contributed by atoms with Crippen molar-refractivity contribution in [3.8, 4) is 0 Å². The number of hydrogen-bond donors (Lipinski definition) is 3. The molecule has 1 rings (SSSR count). The molecule has 0 aromatic rings. The summed E-state index contributed by atoms with van der Waals surface area (Å²) in [5.74, 6) is -1.43. The summed E-state index contributed by atoms with van der Waals surface area (Å²) in [6.07, 6.45) is 0. The van der Waals surface area contributed by atoms with E-state index in [2.05, 4.69) is 0 Å². The topological polar surface area (TPSA) is 78.4 Å². The van der Waals surface area contributed by atoms with Gasteiger partial charge in [0.1, 0.15) is 0 Å². The van der Waals surface area contributed by atoms with E-state index in [0.29, 0.717) is 0 Å². The van der Waals surface area contributed by atoms with Crippen LogP contribution in [-0.4, -0.2) is 22.5 Å². The van der Waals surface area contributed by atoms with Gasteiger partial charge in [0.05, 0.1) is 0 Å². The molecule has 5 heteroatoms. The Labute approximate surface area is 51.0 Å². The molecule has 0 atom stereocenters. The molecule has 3 N–H and O–H groups in total. The number of nitrogens with one attached hydrogen (secondary N) is 2. The molecule has 1 aliphatic rings. The summed E-state index contributed by atoms with van der Waals surface area (Å²) in [6, 6.07) is 0. The third-order valence-electron chi connectivity index (χ3n) is 1.17. The van der Waals surface area contributed by atoms with Crippen LogP contribution in [0.2, 0.25) is 0 Å². The van der Waals surface area contributed by atoms with E-state index in [0.717, 1.165) is 6.92 Å². The van der Waals surface area contributed by atoms with Gasteiger partial charge in [-0.2, -0.15) is 0 Å². The number of amides is 2. The minimum Gasteiger partial charge on any atom is -0.372 e. The smallest absolute Gasteiger partial charge is 0.279 e. The zero-order valence-electron chi connectivity index (χ0n) is 4.76. The van der Waals surface area contributed by atoms with Gasteiger partial charge >= 0.3 is 0 Å². The predicted molar refractivity (Wildman–Crippen MR) is 26.9 cm³/mol. The number of aliphatic hydroxyl groups is 1. The predicted octanol–water partition coefficient (Wildman–Crippen LogP) is -2.10. The molecule has 1 aliphatic heterocycles. The van der Waals surface area contributed by atoms with Crippen molar-refractivity contribution >= 4 is 11.8 Å². The molecule has 0 unspecified atom stereocenters. The largest absolute Gasteiger partial charge is 0.372 e. The molecule has 0 saturated carbocycles. The van der Waals surface area contributed by atoms with Crippen molar-refractivity contribution in [2.24, 2.45) is 0 Å². The fraction of sp³-hybridized carbons (Fsp3) is 0.500. The van der Waals surface area contributed by atoms with Gasteiger partial charge in [-0.3, -0.25) is 20.4 Å². The van der Waals surface area contributed by atoms with Crippen LogP contribution < -0.4 is 10.9 Å². The van der Waals surface area contributed by atoms with E-state index >= 15 is 0 Å². The molecule has 1 heterocycles. The molecule has 0 aromatic carbocycles. The minimum absolute atomic E-state index is 0.715. The normalized spacial score (nSPS) is 23.3. The summed E-state index contributed by atoms with van der Waals surface area (Å²) in [5.41, 5.74) is 2.05. The van der Waals surface area contributed by atoms with Crippen molar-refractivity contribution in [3.63, 3.8) is 0 Å². The molecule has 0 aliphatic carbocycles. The van der Waals surface area contributed by atoms with Crippen molar-refractivity contribution in [2.75, 3.05) is 0 Å². The standard InChI is InChI=1S/C4H6N2O3/c1-4(9)2(7)5-6-3(4)8/h9H,1H3,(H,5,7)(H,6,8). The Morgan fingerprint density at radius 3 is 1.78 bits per heavy atom. The van der Waals surface area contributed by atoms with Crippen LogP contribution in [0.15, 0.2) is 0 Å². The van der Waals surface area contributed by atoms with Crippen molar-refractivity contribution in [1.29, 1.82) is 0 Å². The summed E-state index contributed by atoms with van der Waals surface area (Å²) in [7, 11) is 0. The highest BCUT2D eigenvalue weighted by molar-refractivity contribution is 6.12. The fourth-order valence-electron chi connectivity index (χ4n) is 0.460. The van der Waals surface area contributed by atoms with Crippen LogP contribution in [0.3, 0.4) is 0 Å². The first-order valence-electron chi connectivity index (χ1n) is 2.38. The Bertz CT molecular complexity index is 157. The van der Waals surface area contributed by atoms with Crippen molar-refractivity contribution in [1.82, 2.24) is 10.9 Å². The molecule has 5 nitrogen and oxygen atoms in total. The molecule has 0 aromatic heterocycles. The average Bonchev–Trinajstić information content (AvgIpc) is 1.96. The Morgan fingerprint density at radius 2 is 1.67 bits per heavy atom. The molecule has 1 fully saturated rings. The molecule has 0 bridgehead atoms. The van der Waals surface area contributed by atoms with Gasteiger partial charge in [-0.15, -0.1) is 0 Å². The first-order valence-corrected chi connectivity index (χ1v) is 2.38. The van der Waals surface area contributed by atoms with Gasteiger partial charge in [0, 0.05) is 0 Å². The van der Waals surface area contributed by atoms with Crippen molar-refractivity contribution in [2.45, 2.75) is 12.5 Å². The van der Waals surface area contributed by atoms with Crippen LogP contribution in [-0.2, 0) is 9.59 Å². The molecular weight excluding hydrogens is 124 g/mol. The molecule has 0 spiro atoms. The molecule has 2 amide bonds. The van der Waals surface area contributed by atoms with Gasteiger partial charge in [0.15, 0.2) is 0 Å². The lowest BCUT2D eigenvalue weighted by atomic mass is 10.1. The maximum absolute atomic E-state index is 10.5. The second kappa shape index (κ2) is 1.44. The summed E-state index contributed by atoms with van der Waals surface area (Å²) >= 11 is 0. The second-order valence-electron chi connectivity index (χ2n) is 1.98. The minimum atomic E-state index is -1.89. The SMILES string of the molecule is CC1(O)C(=O)NNC1=O. The Hall–Kier alpha value is -1.10.